The number of rotatable bonds is 8. The molecule has 0 bridgehead atoms. The SMILES string of the molecule is O=C(CCNC(=O)c1cccc(OCc2cccs2)c1)Nc1ccc(Br)cc1. The maximum Gasteiger partial charge on any atom is 0.251 e. The minimum Gasteiger partial charge on any atom is -0.488 e. The van der Waals surface area contributed by atoms with Crippen LogP contribution in [-0.2, 0) is 11.4 Å². The van der Waals surface area contributed by atoms with Crippen molar-refractivity contribution in [2.75, 3.05) is 11.9 Å². The molecule has 3 aromatic rings. The van der Waals surface area contributed by atoms with E-state index in [1.807, 2.05) is 47.8 Å². The summed E-state index contributed by atoms with van der Waals surface area (Å²) in [7, 11) is 0. The number of ether oxygens (including phenoxy) is 1. The lowest BCUT2D eigenvalue weighted by molar-refractivity contribution is -0.116. The number of amides is 2. The van der Waals surface area contributed by atoms with Gasteiger partial charge in [0, 0.05) is 33.6 Å². The van der Waals surface area contributed by atoms with Gasteiger partial charge in [0.15, 0.2) is 0 Å². The molecular weight excluding hydrogens is 440 g/mol. The van der Waals surface area contributed by atoms with Crippen LogP contribution in [0.2, 0.25) is 0 Å². The molecule has 0 saturated heterocycles. The van der Waals surface area contributed by atoms with Crippen LogP contribution >= 0.6 is 27.3 Å². The number of benzene rings is 2. The van der Waals surface area contributed by atoms with E-state index in [1.165, 1.54) is 0 Å². The largest absolute Gasteiger partial charge is 0.488 e. The first-order chi connectivity index (χ1) is 13.6. The Balaban J connectivity index is 1.44. The van der Waals surface area contributed by atoms with Crippen molar-refractivity contribution in [3.63, 3.8) is 0 Å². The summed E-state index contributed by atoms with van der Waals surface area (Å²) in [5.41, 5.74) is 1.21. The fourth-order valence-electron chi connectivity index (χ4n) is 2.42. The molecule has 3 rings (SSSR count). The first-order valence-corrected chi connectivity index (χ1v) is 10.4. The smallest absolute Gasteiger partial charge is 0.251 e. The van der Waals surface area contributed by atoms with Gasteiger partial charge < -0.3 is 15.4 Å². The van der Waals surface area contributed by atoms with Crippen molar-refractivity contribution in [3.8, 4) is 5.75 Å². The number of hydrogen-bond donors (Lipinski definition) is 2. The molecule has 144 valence electrons. The zero-order valence-corrected chi connectivity index (χ0v) is 17.4. The average molecular weight is 459 g/mol. The van der Waals surface area contributed by atoms with Crippen LogP contribution in [0.4, 0.5) is 5.69 Å². The summed E-state index contributed by atoms with van der Waals surface area (Å²) < 4.78 is 6.67. The molecule has 0 spiro atoms. The third-order valence-corrected chi connectivity index (χ3v) is 5.20. The summed E-state index contributed by atoms with van der Waals surface area (Å²) in [6, 6.07) is 18.3. The summed E-state index contributed by atoms with van der Waals surface area (Å²) >= 11 is 4.97. The molecule has 1 heterocycles. The molecule has 0 aliphatic rings. The topological polar surface area (TPSA) is 67.4 Å². The summed E-state index contributed by atoms with van der Waals surface area (Å²) in [5, 5.41) is 7.55. The zero-order chi connectivity index (χ0) is 19.8. The van der Waals surface area contributed by atoms with E-state index in [4.69, 9.17) is 4.74 Å². The second-order valence-electron chi connectivity index (χ2n) is 5.96. The number of carbonyl (C=O) groups excluding carboxylic acids is 2. The zero-order valence-electron chi connectivity index (χ0n) is 15.0. The second-order valence-corrected chi connectivity index (χ2v) is 7.90. The average Bonchev–Trinajstić information content (AvgIpc) is 3.22. The Bertz CT molecular complexity index is 927. The molecule has 0 unspecified atom stereocenters. The molecule has 2 N–H and O–H groups in total. The Morgan fingerprint density at radius 1 is 1.04 bits per heavy atom. The lowest BCUT2D eigenvalue weighted by Gasteiger charge is -2.09. The fraction of sp³-hybridized carbons (Fsp3) is 0.143. The van der Waals surface area contributed by atoms with E-state index >= 15 is 0 Å². The van der Waals surface area contributed by atoms with Crippen LogP contribution in [0, 0.1) is 0 Å². The third-order valence-electron chi connectivity index (χ3n) is 3.82. The Morgan fingerprint density at radius 3 is 2.61 bits per heavy atom. The highest BCUT2D eigenvalue weighted by molar-refractivity contribution is 9.10. The van der Waals surface area contributed by atoms with E-state index < -0.39 is 0 Å². The van der Waals surface area contributed by atoms with Gasteiger partial charge >= 0.3 is 0 Å². The van der Waals surface area contributed by atoms with E-state index in [0.717, 1.165) is 15.0 Å². The van der Waals surface area contributed by atoms with Gasteiger partial charge in [-0.05, 0) is 53.9 Å². The molecule has 0 fully saturated rings. The summed E-state index contributed by atoms with van der Waals surface area (Å²) in [4.78, 5) is 25.4. The number of hydrogen-bond acceptors (Lipinski definition) is 4. The monoisotopic (exact) mass is 458 g/mol. The maximum absolute atomic E-state index is 12.3. The van der Waals surface area contributed by atoms with Crippen molar-refractivity contribution in [3.05, 3.63) is 81.0 Å². The van der Waals surface area contributed by atoms with E-state index in [2.05, 4.69) is 26.6 Å². The number of carbonyl (C=O) groups is 2. The molecule has 0 radical (unpaired) electrons. The summed E-state index contributed by atoms with van der Waals surface area (Å²) in [6.45, 7) is 0.723. The molecular formula is C21H19BrN2O3S. The van der Waals surface area contributed by atoms with Crippen LogP contribution in [0.3, 0.4) is 0 Å². The molecule has 0 saturated carbocycles. The van der Waals surface area contributed by atoms with E-state index in [9.17, 15) is 9.59 Å². The third kappa shape index (κ3) is 6.21. The molecule has 0 atom stereocenters. The minimum absolute atomic E-state index is 0.157. The predicted molar refractivity (Wildman–Crippen MR) is 115 cm³/mol. The summed E-state index contributed by atoms with van der Waals surface area (Å²) in [6.07, 6.45) is 0.191. The Kier molecular flexibility index (Phi) is 7.22. The van der Waals surface area contributed by atoms with Crippen LogP contribution in [0.5, 0.6) is 5.75 Å². The van der Waals surface area contributed by atoms with Gasteiger partial charge in [0.1, 0.15) is 12.4 Å². The number of halogens is 1. The van der Waals surface area contributed by atoms with Gasteiger partial charge in [-0.25, -0.2) is 0 Å². The highest BCUT2D eigenvalue weighted by atomic mass is 79.9. The van der Waals surface area contributed by atoms with Gasteiger partial charge in [-0.15, -0.1) is 11.3 Å². The van der Waals surface area contributed by atoms with E-state index in [1.54, 1.807) is 29.5 Å². The van der Waals surface area contributed by atoms with Crippen molar-refractivity contribution in [2.24, 2.45) is 0 Å². The highest BCUT2D eigenvalue weighted by Crippen LogP contribution is 2.17. The van der Waals surface area contributed by atoms with Gasteiger partial charge in [-0.1, -0.05) is 28.1 Å². The van der Waals surface area contributed by atoms with Crippen molar-refractivity contribution >= 4 is 44.8 Å². The van der Waals surface area contributed by atoms with Crippen LogP contribution in [0.25, 0.3) is 0 Å². The molecule has 2 amide bonds. The van der Waals surface area contributed by atoms with Gasteiger partial charge in [-0.3, -0.25) is 9.59 Å². The Hall–Kier alpha value is -2.64. The molecule has 0 aliphatic carbocycles. The van der Waals surface area contributed by atoms with E-state index in [0.29, 0.717) is 17.9 Å². The molecule has 5 nitrogen and oxygen atoms in total. The molecule has 28 heavy (non-hydrogen) atoms. The lowest BCUT2D eigenvalue weighted by atomic mass is 10.2. The summed E-state index contributed by atoms with van der Waals surface area (Å²) in [5.74, 6) is 0.239. The van der Waals surface area contributed by atoms with Crippen LogP contribution in [0.1, 0.15) is 21.7 Å². The van der Waals surface area contributed by atoms with Crippen LogP contribution in [-0.4, -0.2) is 18.4 Å². The van der Waals surface area contributed by atoms with Crippen LogP contribution in [0.15, 0.2) is 70.5 Å². The second kappa shape index (κ2) is 10.1. The van der Waals surface area contributed by atoms with Crippen LogP contribution < -0.4 is 15.4 Å². The Labute approximate surface area is 175 Å². The standard InChI is InChI=1S/C21H19BrN2O3S/c22-16-6-8-17(9-7-16)24-20(25)10-11-23-21(26)15-3-1-4-18(13-15)27-14-19-5-2-12-28-19/h1-9,12-13H,10-11,14H2,(H,23,26)(H,24,25). The normalized spacial score (nSPS) is 10.3. The lowest BCUT2D eigenvalue weighted by Crippen LogP contribution is -2.27. The first-order valence-electron chi connectivity index (χ1n) is 8.69. The molecule has 0 aliphatic heterocycles. The van der Waals surface area contributed by atoms with Crippen molar-refractivity contribution < 1.29 is 14.3 Å². The highest BCUT2D eigenvalue weighted by Gasteiger charge is 2.08. The minimum atomic E-state index is -0.238. The number of thiophene rings is 1. The van der Waals surface area contributed by atoms with E-state index in [-0.39, 0.29) is 24.8 Å². The number of nitrogens with one attached hydrogen (secondary N) is 2. The fourth-order valence-corrected chi connectivity index (χ4v) is 3.30. The maximum atomic E-state index is 12.3. The predicted octanol–water partition coefficient (Wildman–Crippen LogP) is 4.85. The molecule has 1 aromatic heterocycles. The Morgan fingerprint density at radius 2 is 1.86 bits per heavy atom. The van der Waals surface area contributed by atoms with Crippen molar-refractivity contribution in [1.82, 2.24) is 5.32 Å². The number of anilines is 1. The van der Waals surface area contributed by atoms with Gasteiger partial charge in [0.2, 0.25) is 5.91 Å². The van der Waals surface area contributed by atoms with Gasteiger partial charge in [-0.2, -0.15) is 0 Å². The van der Waals surface area contributed by atoms with Crippen molar-refractivity contribution in [1.29, 1.82) is 0 Å². The molecule has 7 heteroatoms. The quantitative estimate of drug-likeness (QED) is 0.506. The van der Waals surface area contributed by atoms with Gasteiger partial charge in [0.05, 0.1) is 0 Å². The molecule has 2 aromatic carbocycles. The first kappa shape index (κ1) is 20.1. The van der Waals surface area contributed by atoms with Gasteiger partial charge in [0.25, 0.3) is 5.91 Å². The van der Waals surface area contributed by atoms with Crippen molar-refractivity contribution in [2.45, 2.75) is 13.0 Å².